The van der Waals surface area contributed by atoms with Gasteiger partial charge in [0, 0.05) is 42.0 Å². The maximum Gasteiger partial charge on any atom is 0.0470 e. The maximum atomic E-state index is 3.46. The number of hydrogen-bond donors (Lipinski definition) is 1. The molecule has 1 saturated heterocycles. The van der Waals surface area contributed by atoms with Crippen molar-refractivity contribution in [2.45, 2.75) is 32.2 Å². The Hall–Kier alpha value is 0.200. The van der Waals surface area contributed by atoms with Crippen LogP contribution in [0.5, 0.6) is 0 Å². The summed E-state index contributed by atoms with van der Waals surface area (Å²) in [5.41, 5.74) is 0. The Labute approximate surface area is 132 Å². The third-order valence-electron chi connectivity index (χ3n) is 3.94. The van der Waals surface area contributed by atoms with Gasteiger partial charge in [-0.1, -0.05) is 6.92 Å². The number of aryl methyl sites for hydroxylation is 1. The Morgan fingerprint density at radius 3 is 2.47 bits per heavy atom. The standard InChI is InChI=1S/C14H22N2S.2ClH/c1-2-12-5-6-13(17-12)14(11-3-4-11)16-9-7-15-8-10-16;;/h5-6,11,14-15H,2-4,7-10H2,1H3;2*1H/t14-;;/m1../s1. The molecule has 0 spiro atoms. The predicted octanol–water partition coefficient (Wildman–Crippen LogP) is 3.51. The molecule has 2 aliphatic rings. The van der Waals surface area contributed by atoms with Gasteiger partial charge in [-0.15, -0.1) is 36.2 Å². The lowest BCUT2D eigenvalue weighted by Gasteiger charge is -2.34. The molecule has 2 heterocycles. The lowest BCUT2D eigenvalue weighted by Crippen LogP contribution is -2.45. The van der Waals surface area contributed by atoms with Gasteiger partial charge in [-0.3, -0.25) is 4.90 Å². The molecule has 0 aromatic carbocycles. The van der Waals surface area contributed by atoms with Crippen molar-refractivity contribution in [1.29, 1.82) is 0 Å². The average Bonchev–Trinajstić information content (AvgIpc) is 3.09. The molecule has 1 atom stereocenters. The second kappa shape index (κ2) is 7.84. The molecular weight excluding hydrogens is 299 g/mol. The third kappa shape index (κ3) is 4.08. The van der Waals surface area contributed by atoms with Crippen LogP contribution in [0.15, 0.2) is 12.1 Å². The van der Waals surface area contributed by atoms with Crippen LogP contribution in [0.25, 0.3) is 0 Å². The van der Waals surface area contributed by atoms with Crippen LogP contribution < -0.4 is 5.32 Å². The van der Waals surface area contributed by atoms with Crippen molar-refractivity contribution < 1.29 is 0 Å². The molecule has 1 aromatic rings. The Kier molecular flexibility index (Phi) is 7.12. The number of piperazine rings is 1. The Balaban J connectivity index is 0.000000902. The number of nitrogens with zero attached hydrogens (tertiary/aromatic N) is 1. The van der Waals surface area contributed by atoms with Crippen LogP contribution >= 0.6 is 36.2 Å². The van der Waals surface area contributed by atoms with Gasteiger partial charge in [0.15, 0.2) is 0 Å². The number of nitrogens with one attached hydrogen (secondary N) is 1. The Bertz CT molecular complexity index is 373. The van der Waals surface area contributed by atoms with Gasteiger partial charge in [-0.2, -0.15) is 0 Å². The highest BCUT2D eigenvalue weighted by Crippen LogP contribution is 2.46. The zero-order chi connectivity index (χ0) is 11.7. The molecule has 2 fully saturated rings. The molecule has 110 valence electrons. The van der Waals surface area contributed by atoms with Gasteiger partial charge < -0.3 is 5.32 Å². The first-order chi connectivity index (χ1) is 8.38. The summed E-state index contributed by atoms with van der Waals surface area (Å²) in [6, 6.07) is 5.44. The van der Waals surface area contributed by atoms with Crippen LogP contribution in [0.3, 0.4) is 0 Å². The van der Waals surface area contributed by atoms with E-state index in [9.17, 15) is 0 Å². The molecule has 0 amide bonds. The number of thiophene rings is 1. The molecule has 5 heteroatoms. The molecule has 1 aliphatic carbocycles. The van der Waals surface area contributed by atoms with E-state index in [0.29, 0.717) is 0 Å². The molecule has 0 unspecified atom stereocenters. The third-order valence-corrected chi connectivity index (χ3v) is 5.24. The van der Waals surface area contributed by atoms with Gasteiger partial charge in [0.2, 0.25) is 0 Å². The maximum absolute atomic E-state index is 3.46. The van der Waals surface area contributed by atoms with Crippen LogP contribution in [0, 0.1) is 5.92 Å². The van der Waals surface area contributed by atoms with E-state index in [0.717, 1.165) is 25.0 Å². The lowest BCUT2D eigenvalue weighted by molar-refractivity contribution is 0.158. The topological polar surface area (TPSA) is 15.3 Å². The molecule has 1 aliphatic heterocycles. The first-order valence-electron chi connectivity index (χ1n) is 6.92. The normalized spacial score (nSPS) is 21.3. The van der Waals surface area contributed by atoms with E-state index in [-0.39, 0.29) is 24.8 Å². The van der Waals surface area contributed by atoms with Gasteiger partial charge in [0.05, 0.1) is 0 Å². The van der Waals surface area contributed by atoms with Crippen LogP contribution in [-0.2, 0) is 6.42 Å². The van der Waals surface area contributed by atoms with E-state index >= 15 is 0 Å². The molecule has 0 radical (unpaired) electrons. The highest BCUT2D eigenvalue weighted by molar-refractivity contribution is 7.12. The van der Waals surface area contributed by atoms with Crippen LogP contribution in [-0.4, -0.2) is 31.1 Å². The number of rotatable bonds is 4. The molecule has 19 heavy (non-hydrogen) atoms. The Morgan fingerprint density at radius 1 is 1.26 bits per heavy atom. The van der Waals surface area contributed by atoms with E-state index < -0.39 is 0 Å². The quantitative estimate of drug-likeness (QED) is 0.912. The summed E-state index contributed by atoms with van der Waals surface area (Å²) in [7, 11) is 0. The number of hydrogen-bond acceptors (Lipinski definition) is 3. The van der Waals surface area contributed by atoms with Crippen molar-refractivity contribution in [2.75, 3.05) is 26.2 Å². The van der Waals surface area contributed by atoms with Crippen molar-refractivity contribution in [3.63, 3.8) is 0 Å². The molecule has 2 nitrogen and oxygen atoms in total. The fourth-order valence-electron chi connectivity index (χ4n) is 2.83. The summed E-state index contributed by atoms with van der Waals surface area (Å²) in [4.78, 5) is 5.87. The van der Waals surface area contributed by atoms with E-state index in [4.69, 9.17) is 0 Å². The first kappa shape index (κ1) is 17.3. The number of halogens is 2. The molecule has 1 aromatic heterocycles. The SMILES string of the molecule is CCc1ccc([C@@H](C2CC2)N2CCNCC2)s1.Cl.Cl. The Morgan fingerprint density at radius 2 is 1.95 bits per heavy atom. The van der Waals surface area contributed by atoms with Gasteiger partial charge in [0.1, 0.15) is 0 Å². The molecular formula is C14H24Cl2N2S. The second-order valence-electron chi connectivity index (χ2n) is 5.23. The van der Waals surface area contributed by atoms with E-state index in [2.05, 4.69) is 29.3 Å². The molecule has 3 rings (SSSR count). The summed E-state index contributed by atoms with van der Waals surface area (Å²) in [5.74, 6) is 0.941. The summed E-state index contributed by atoms with van der Waals surface area (Å²) >= 11 is 2.04. The van der Waals surface area contributed by atoms with Gasteiger partial charge in [0.25, 0.3) is 0 Å². The molecule has 1 N–H and O–H groups in total. The zero-order valence-electron chi connectivity index (χ0n) is 11.4. The van der Waals surface area contributed by atoms with Gasteiger partial charge in [-0.25, -0.2) is 0 Å². The minimum atomic E-state index is 0. The van der Waals surface area contributed by atoms with Crippen molar-refractivity contribution >= 4 is 36.2 Å². The van der Waals surface area contributed by atoms with E-state index in [1.807, 2.05) is 11.3 Å². The van der Waals surface area contributed by atoms with Crippen LogP contribution in [0.4, 0.5) is 0 Å². The van der Waals surface area contributed by atoms with E-state index in [1.165, 1.54) is 32.4 Å². The first-order valence-corrected chi connectivity index (χ1v) is 7.73. The van der Waals surface area contributed by atoms with E-state index in [1.54, 1.807) is 9.75 Å². The average molecular weight is 323 g/mol. The highest BCUT2D eigenvalue weighted by Gasteiger charge is 2.37. The summed E-state index contributed by atoms with van der Waals surface area (Å²) in [6.07, 6.45) is 4.06. The fourth-order valence-corrected chi connectivity index (χ4v) is 4.01. The predicted molar refractivity (Wildman–Crippen MR) is 88.1 cm³/mol. The largest absolute Gasteiger partial charge is 0.314 e. The summed E-state index contributed by atoms with van der Waals surface area (Å²) < 4.78 is 0. The van der Waals surface area contributed by atoms with Crippen LogP contribution in [0.2, 0.25) is 0 Å². The lowest BCUT2D eigenvalue weighted by atomic mass is 10.1. The smallest absolute Gasteiger partial charge is 0.0470 e. The van der Waals surface area contributed by atoms with Crippen LogP contribution in [0.1, 0.15) is 35.6 Å². The minimum absolute atomic E-state index is 0. The fraction of sp³-hybridized carbons (Fsp3) is 0.714. The summed E-state index contributed by atoms with van der Waals surface area (Å²) in [5, 5.41) is 3.46. The van der Waals surface area contributed by atoms with Crippen molar-refractivity contribution in [1.82, 2.24) is 10.2 Å². The zero-order valence-corrected chi connectivity index (χ0v) is 13.9. The van der Waals surface area contributed by atoms with Gasteiger partial charge in [-0.05, 0) is 37.3 Å². The highest BCUT2D eigenvalue weighted by atomic mass is 35.5. The van der Waals surface area contributed by atoms with Gasteiger partial charge >= 0.3 is 0 Å². The minimum Gasteiger partial charge on any atom is -0.314 e. The van der Waals surface area contributed by atoms with Crippen molar-refractivity contribution in [2.24, 2.45) is 5.92 Å². The van der Waals surface area contributed by atoms with Crippen molar-refractivity contribution in [3.8, 4) is 0 Å². The molecule has 0 bridgehead atoms. The monoisotopic (exact) mass is 322 g/mol. The second-order valence-corrected chi connectivity index (χ2v) is 6.43. The van der Waals surface area contributed by atoms with Crippen molar-refractivity contribution in [3.05, 3.63) is 21.9 Å². The summed E-state index contributed by atoms with van der Waals surface area (Å²) in [6.45, 7) is 7.03. The molecule has 1 saturated carbocycles.